The Hall–Kier alpha value is -2.48. The predicted octanol–water partition coefficient (Wildman–Crippen LogP) is 1.34. The lowest BCUT2D eigenvalue weighted by atomic mass is 10.2. The van der Waals surface area contributed by atoms with Gasteiger partial charge in [0, 0.05) is 32.3 Å². The number of aromatic nitrogens is 3. The Morgan fingerprint density at radius 2 is 2.17 bits per heavy atom. The van der Waals surface area contributed by atoms with Crippen LogP contribution in [-0.4, -0.2) is 52.6 Å². The van der Waals surface area contributed by atoms with Crippen molar-refractivity contribution in [1.29, 1.82) is 0 Å². The van der Waals surface area contributed by atoms with E-state index in [0.717, 1.165) is 5.69 Å². The minimum absolute atomic E-state index is 0.203. The summed E-state index contributed by atoms with van der Waals surface area (Å²) < 4.78 is 10.7. The molecule has 1 atom stereocenters. The minimum Gasteiger partial charge on any atom is -0.448 e. The number of hydrogen-bond donors (Lipinski definition) is 1. The normalized spacial score (nSPS) is 18.0. The fraction of sp³-hybridized carbons (Fsp3) is 0.467. The second-order valence-electron chi connectivity index (χ2n) is 5.34. The van der Waals surface area contributed by atoms with Crippen molar-refractivity contribution in [1.82, 2.24) is 19.9 Å². The number of rotatable bonds is 3. The maximum absolute atomic E-state index is 12.7. The second kappa shape index (κ2) is 6.33. The summed E-state index contributed by atoms with van der Waals surface area (Å²) in [6.07, 6.45) is 1.38. The SMILES string of the molecule is CNc1cc(C)nc([C@@H]2COCCN2C(=O)c2coc(C)n2)n1. The fourth-order valence-corrected chi connectivity index (χ4v) is 2.54. The van der Waals surface area contributed by atoms with Crippen LogP contribution >= 0.6 is 0 Å². The van der Waals surface area contributed by atoms with Crippen molar-refractivity contribution in [3.8, 4) is 0 Å². The van der Waals surface area contributed by atoms with Crippen molar-refractivity contribution >= 4 is 11.7 Å². The molecule has 8 nitrogen and oxygen atoms in total. The largest absolute Gasteiger partial charge is 0.448 e. The van der Waals surface area contributed by atoms with Gasteiger partial charge >= 0.3 is 0 Å². The molecule has 0 aromatic carbocycles. The first kappa shape index (κ1) is 15.4. The van der Waals surface area contributed by atoms with Gasteiger partial charge in [-0.15, -0.1) is 0 Å². The van der Waals surface area contributed by atoms with Crippen LogP contribution in [0.15, 0.2) is 16.7 Å². The zero-order chi connectivity index (χ0) is 16.4. The Labute approximate surface area is 133 Å². The van der Waals surface area contributed by atoms with Crippen LogP contribution in [0.25, 0.3) is 0 Å². The van der Waals surface area contributed by atoms with Crippen molar-refractivity contribution in [2.45, 2.75) is 19.9 Å². The van der Waals surface area contributed by atoms with Crippen LogP contribution in [0, 0.1) is 13.8 Å². The number of ether oxygens (including phenoxy) is 1. The van der Waals surface area contributed by atoms with E-state index in [1.807, 2.05) is 13.0 Å². The van der Waals surface area contributed by atoms with Gasteiger partial charge in [-0.2, -0.15) is 0 Å². The molecule has 1 saturated heterocycles. The van der Waals surface area contributed by atoms with Gasteiger partial charge in [-0.25, -0.2) is 15.0 Å². The molecule has 0 aliphatic carbocycles. The van der Waals surface area contributed by atoms with Crippen molar-refractivity contribution < 1.29 is 13.9 Å². The quantitative estimate of drug-likeness (QED) is 0.913. The predicted molar refractivity (Wildman–Crippen MR) is 82.2 cm³/mol. The number of nitrogens with one attached hydrogen (secondary N) is 1. The van der Waals surface area contributed by atoms with Gasteiger partial charge in [-0.1, -0.05) is 0 Å². The topological polar surface area (TPSA) is 93.4 Å². The second-order valence-corrected chi connectivity index (χ2v) is 5.34. The van der Waals surface area contributed by atoms with E-state index in [-0.39, 0.29) is 17.6 Å². The molecule has 0 saturated carbocycles. The molecule has 0 spiro atoms. The van der Waals surface area contributed by atoms with Gasteiger partial charge in [0.15, 0.2) is 17.4 Å². The summed E-state index contributed by atoms with van der Waals surface area (Å²) in [5.74, 6) is 1.53. The molecular formula is C15H19N5O3. The van der Waals surface area contributed by atoms with Crippen LogP contribution < -0.4 is 5.32 Å². The molecule has 122 valence electrons. The smallest absolute Gasteiger partial charge is 0.276 e. The molecule has 3 heterocycles. The lowest BCUT2D eigenvalue weighted by Crippen LogP contribution is -2.44. The van der Waals surface area contributed by atoms with E-state index < -0.39 is 0 Å². The first-order valence-electron chi connectivity index (χ1n) is 7.42. The molecule has 8 heteroatoms. The molecule has 2 aromatic rings. The first-order chi connectivity index (χ1) is 11.1. The third kappa shape index (κ3) is 3.16. The lowest BCUT2D eigenvalue weighted by molar-refractivity contribution is -0.00554. The third-order valence-electron chi connectivity index (χ3n) is 3.65. The van der Waals surface area contributed by atoms with Gasteiger partial charge in [0.1, 0.15) is 18.1 Å². The van der Waals surface area contributed by atoms with E-state index in [2.05, 4.69) is 20.3 Å². The summed E-state index contributed by atoms with van der Waals surface area (Å²) in [5.41, 5.74) is 1.12. The summed E-state index contributed by atoms with van der Waals surface area (Å²) in [4.78, 5) is 27.5. The molecule has 1 aliphatic heterocycles. The average molecular weight is 317 g/mol. The molecule has 3 rings (SSSR count). The van der Waals surface area contributed by atoms with E-state index in [1.54, 1.807) is 18.9 Å². The van der Waals surface area contributed by atoms with Crippen LogP contribution in [0.4, 0.5) is 5.82 Å². The maximum Gasteiger partial charge on any atom is 0.276 e. The molecule has 1 amide bonds. The number of morpholine rings is 1. The molecule has 1 aliphatic rings. The van der Waals surface area contributed by atoms with Crippen molar-refractivity contribution in [3.05, 3.63) is 35.4 Å². The van der Waals surface area contributed by atoms with Gasteiger partial charge in [0.05, 0.1) is 13.2 Å². The fourth-order valence-electron chi connectivity index (χ4n) is 2.54. The van der Waals surface area contributed by atoms with Crippen molar-refractivity contribution in [3.63, 3.8) is 0 Å². The van der Waals surface area contributed by atoms with E-state index in [0.29, 0.717) is 37.3 Å². The molecule has 0 bridgehead atoms. The van der Waals surface area contributed by atoms with Crippen LogP contribution in [0.5, 0.6) is 0 Å². The number of carbonyl (C=O) groups is 1. The highest BCUT2D eigenvalue weighted by Crippen LogP contribution is 2.24. The van der Waals surface area contributed by atoms with E-state index in [4.69, 9.17) is 9.15 Å². The summed E-state index contributed by atoms with van der Waals surface area (Å²) in [7, 11) is 1.80. The highest BCUT2D eigenvalue weighted by atomic mass is 16.5. The van der Waals surface area contributed by atoms with Crippen LogP contribution in [-0.2, 0) is 4.74 Å². The first-order valence-corrected chi connectivity index (χ1v) is 7.42. The van der Waals surface area contributed by atoms with E-state index in [1.165, 1.54) is 6.26 Å². The molecule has 1 fully saturated rings. The number of carbonyl (C=O) groups excluding carboxylic acids is 1. The number of anilines is 1. The van der Waals surface area contributed by atoms with Gasteiger partial charge in [-0.3, -0.25) is 4.79 Å². The van der Waals surface area contributed by atoms with Crippen molar-refractivity contribution in [2.75, 3.05) is 32.1 Å². The standard InChI is InChI=1S/C15H19N5O3/c1-9-6-13(16-3)19-14(17-9)12-8-22-5-4-20(12)15(21)11-7-23-10(2)18-11/h6-7,12H,4-5,8H2,1-3H3,(H,16,17,19)/t12-/m0/s1. The lowest BCUT2D eigenvalue weighted by Gasteiger charge is -2.34. The number of oxazole rings is 1. The molecule has 23 heavy (non-hydrogen) atoms. The molecule has 0 unspecified atom stereocenters. The Balaban J connectivity index is 1.92. The van der Waals surface area contributed by atoms with Gasteiger partial charge in [0.25, 0.3) is 5.91 Å². The number of aryl methyl sites for hydroxylation is 2. The zero-order valence-electron chi connectivity index (χ0n) is 13.4. The van der Waals surface area contributed by atoms with Gasteiger partial charge in [-0.05, 0) is 6.92 Å². The summed E-state index contributed by atoms with van der Waals surface area (Å²) in [6, 6.07) is 1.50. The summed E-state index contributed by atoms with van der Waals surface area (Å²) >= 11 is 0. The van der Waals surface area contributed by atoms with E-state index in [9.17, 15) is 4.79 Å². The maximum atomic E-state index is 12.7. The van der Waals surface area contributed by atoms with Gasteiger partial charge < -0.3 is 19.4 Å². The Kier molecular flexibility index (Phi) is 4.24. The minimum atomic E-state index is -0.347. The van der Waals surface area contributed by atoms with Gasteiger partial charge in [0.2, 0.25) is 0 Å². The van der Waals surface area contributed by atoms with Crippen LogP contribution in [0.3, 0.4) is 0 Å². The zero-order valence-corrected chi connectivity index (χ0v) is 13.4. The van der Waals surface area contributed by atoms with Crippen LogP contribution in [0.2, 0.25) is 0 Å². The van der Waals surface area contributed by atoms with Crippen molar-refractivity contribution in [2.24, 2.45) is 0 Å². The monoisotopic (exact) mass is 317 g/mol. The highest BCUT2D eigenvalue weighted by molar-refractivity contribution is 5.92. The number of amides is 1. The average Bonchev–Trinajstić information content (AvgIpc) is 3.00. The molecule has 2 aromatic heterocycles. The molecule has 1 N–H and O–H groups in total. The third-order valence-corrected chi connectivity index (χ3v) is 3.65. The highest BCUT2D eigenvalue weighted by Gasteiger charge is 2.33. The number of nitrogens with zero attached hydrogens (tertiary/aromatic N) is 4. The molecular weight excluding hydrogens is 298 g/mol. The Morgan fingerprint density at radius 3 is 2.87 bits per heavy atom. The van der Waals surface area contributed by atoms with E-state index >= 15 is 0 Å². The summed E-state index contributed by atoms with van der Waals surface area (Å²) in [6.45, 7) is 4.89. The molecule has 0 radical (unpaired) electrons. The Morgan fingerprint density at radius 1 is 1.35 bits per heavy atom. The van der Waals surface area contributed by atoms with Crippen LogP contribution in [0.1, 0.15) is 33.9 Å². The summed E-state index contributed by atoms with van der Waals surface area (Å²) in [5, 5.41) is 3.00. The Bertz CT molecular complexity index is 715. The number of hydrogen-bond acceptors (Lipinski definition) is 7.